The van der Waals surface area contributed by atoms with Crippen molar-refractivity contribution in [3.05, 3.63) is 35.4 Å². The minimum absolute atomic E-state index is 0.150. The molecule has 2 saturated carbocycles. The number of esters is 2. The molecular formula is C42H58O12. The van der Waals surface area contributed by atoms with Crippen LogP contribution in [0.5, 0.6) is 0 Å². The van der Waals surface area contributed by atoms with Crippen LogP contribution in [-0.2, 0) is 48.0 Å². The minimum atomic E-state index is -0.827. The van der Waals surface area contributed by atoms with Crippen molar-refractivity contribution in [1.82, 2.24) is 0 Å². The number of carbonyl (C=O) groups is 2. The van der Waals surface area contributed by atoms with E-state index in [4.69, 9.17) is 48.0 Å². The molecule has 8 heterocycles. The Balaban J connectivity index is 0.766. The van der Waals surface area contributed by atoms with Gasteiger partial charge in [-0.1, -0.05) is 27.7 Å². The first kappa shape index (κ1) is 37.4. The zero-order valence-electron chi connectivity index (χ0n) is 32.6. The molecule has 54 heavy (non-hydrogen) atoms. The average molecular weight is 755 g/mol. The van der Waals surface area contributed by atoms with Gasteiger partial charge in [0.25, 0.3) is 0 Å². The van der Waals surface area contributed by atoms with E-state index in [1.807, 2.05) is 13.8 Å². The van der Waals surface area contributed by atoms with Gasteiger partial charge in [0, 0.05) is 37.5 Å². The second-order valence-corrected chi connectivity index (χ2v) is 18.3. The number of hydrogen-bond acceptors (Lipinski definition) is 12. The third-order valence-corrected chi connectivity index (χ3v) is 15.2. The van der Waals surface area contributed by atoms with E-state index >= 15 is 0 Å². The number of ether oxygens (including phenoxy) is 6. The van der Waals surface area contributed by atoms with Crippen molar-refractivity contribution >= 4 is 11.9 Å². The van der Waals surface area contributed by atoms with E-state index < -0.39 is 47.3 Å². The summed E-state index contributed by atoms with van der Waals surface area (Å²) in [6.45, 7) is 13.3. The van der Waals surface area contributed by atoms with Gasteiger partial charge in [0.15, 0.2) is 23.8 Å². The van der Waals surface area contributed by atoms with Gasteiger partial charge in [0.05, 0.1) is 36.5 Å². The maximum absolute atomic E-state index is 13.1. The van der Waals surface area contributed by atoms with Crippen molar-refractivity contribution in [2.75, 3.05) is 13.2 Å². The molecule has 298 valence electrons. The van der Waals surface area contributed by atoms with Crippen LogP contribution >= 0.6 is 0 Å². The molecular weight excluding hydrogens is 696 g/mol. The zero-order valence-corrected chi connectivity index (χ0v) is 32.6. The van der Waals surface area contributed by atoms with E-state index in [1.165, 1.54) is 0 Å². The van der Waals surface area contributed by atoms with Gasteiger partial charge in [-0.2, -0.15) is 0 Å². The van der Waals surface area contributed by atoms with E-state index in [1.54, 1.807) is 24.3 Å². The summed E-state index contributed by atoms with van der Waals surface area (Å²) in [6, 6.07) is 6.42. The molecule has 0 amide bonds. The summed E-state index contributed by atoms with van der Waals surface area (Å²) in [6.07, 6.45) is 7.54. The lowest BCUT2D eigenvalue weighted by atomic mass is 9.57. The monoisotopic (exact) mass is 754 g/mol. The fourth-order valence-corrected chi connectivity index (χ4v) is 12.1. The summed E-state index contributed by atoms with van der Waals surface area (Å²) in [4.78, 5) is 50.5. The highest BCUT2D eigenvalue weighted by Gasteiger charge is 2.70. The molecule has 12 heteroatoms. The first-order chi connectivity index (χ1) is 25.9. The molecule has 8 aliphatic heterocycles. The van der Waals surface area contributed by atoms with Crippen molar-refractivity contribution < 1.29 is 57.6 Å². The van der Waals surface area contributed by atoms with E-state index in [0.29, 0.717) is 47.6 Å². The molecule has 12 nitrogen and oxygen atoms in total. The maximum atomic E-state index is 13.1. The molecule has 11 rings (SSSR count). The normalized spacial score (nSPS) is 48.9. The second kappa shape index (κ2) is 13.7. The highest BCUT2D eigenvalue weighted by Crippen LogP contribution is 2.62. The van der Waals surface area contributed by atoms with Gasteiger partial charge >= 0.3 is 11.9 Å². The molecule has 2 aliphatic carbocycles. The number of fused-ring (bicyclic) bond motifs is 4. The largest absolute Gasteiger partial charge is 0.462 e. The first-order valence-corrected chi connectivity index (χ1v) is 20.7. The lowest BCUT2D eigenvalue weighted by Crippen LogP contribution is -2.70. The van der Waals surface area contributed by atoms with Crippen molar-refractivity contribution in [1.29, 1.82) is 0 Å². The Hall–Kier alpha value is -2.16. The molecule has 8 saturated heterocycles. The van der Waals surface area contributed by atoms with Gasteiger partial charge in [-0.15, -0.1) is 0 Å². The number of benzene rings is 1. The molecule has 0 N–H and O–H groups in total. The van der Waals surface area contributed by atoms with E-state index in [0.717, 1.165) is 51.4 Å². The third kappa shape index (κ3) is 5.91. The highest BCUT2D eigenvalue weighted by atomic mass is 17.3. The topological polar surface area (TPSA) is 126 Å². The van der Waals surface area contributed by atoms with Crippen molar-refractivity contribution in [2.24, 2.45) is 47.3 Å². The zero-order chi connectivity index (χ0) is 37.6. The second-order valence-electron chi connectivity index (χ2n) is 18.3. The molecule has 0 aromatic heterocycles. The van der Waals surface area contributed by atoms with Crippen LogP contribution in [0.3, 0.4) is 0 Å². The Bertz CT molecular complexity index is 1470. The predicted molar refractivity (Wildman–Crippen MR) is 190 cm³/mol. The van der Waals surface area contributed by atoms with Gasteiger partial charge in [0.1, 0.15) is 0 Å². The summed E-state index contributed by atoms with van der Waals surface area (Å²) < 4.78 is 37.6. The molecule has 1 aromatic rings. The Morgan fingerprint density at radius 1 is 0.593 bits per heavy atom. The standard InChI is InChI=1S/C42H58O12/c1-23-7-13-31-25(3)33(47-37-41(31)29(23)15-19-39(5,49-37)51-53-41)17-21-45-35(43)27-9-11-28(12-10-27)36(44)46-22-18-34-26(4)32-14-8-24(2)30-16-20-40(6)50-38(48-34)42(30,32)54-52-40/h9-12,23-26,29-34,37-38H,7-8,13-22H2,1-6H3/t23-,24-,25-,26-,29+,30+,31+,32+,33-,34-,37-,38-,39+,40+,41-,42-/m1/s1. The van der Waals surface area contributed by atoms with Crippen molar-refractivity contribution in [3.8, 4) is 0 Å². The fraction of sp³-hybridized carbons (Fsp3) is 0.810. The summed E-state index contributed by atoms with van der Waals surface area (Å²) in [5.74, 6) is -0.150. The van der Waals surface area contributed by atoms with Gasteiger partial charge in [-0.05, 0) is 112 Å². The van der Waals surface area contributed by atoms with Crippen LogP contribution in [-0.4, -0.2) is 72.7 Å². The smallest absolute Gasteiger partial charge is 0.338 e. The van der Waals surface area contributed by atoms with Gasteiger partial charge in [0.2, 0.25) is 11.6 Å². The molecule has 0 unspecified atom stereocenters. The number of rotatable bonds is 8. The third-order valence-electron chi connectivity index (χ3n) is 15.2. The summed E-state index contributed by atoms with van der Waals surface area (Å²) in [5.41, 5.74) is -0.489. The fourth-order valence-electron chi connectivity index (χ4n) is 12.1. The molecule has 10 aliphatic rings. The van der Waals surface area contributed by atoms with Gasteiger partial charge < -0.3 is 28.4 Å². The van der Waals surface area contributed by atoms with E-state index in [-0.39, 0.29) is 49.1 Å². The van der Waals surface area contributed by atoms with E-state index in [9.17, 15) is 9.59 Å². The predicted octanol–water partition coefficient (Wildman–Crippen LogP) is 7.28. The average Bonchev–Trinajstić information content (AvgIpc) is 3.53. The first-order valence-electron chi connectivity index (χ1n) is 20.7. The van der Waals surface area contributed by atoms with Gasteiger partial charge in [-0.25, -0.2) is 29.1 Å². The van der Waals surface area contributed by atoms with Crippen LogP contribution in [0.4, 0.5) is 0 Å². The Labute approximate surface area is 318 Å². The lowest BCUT2D eigenvalue weighted by Gasteiger charge is -2.60. The van der Waals surface area contributed by atoms with Crippen LogP contribution in [0.25, 0.3) is 0 Å². The van der Waals surface area contributed by atoms with Crippen LogP contribution in [0.1, 0.15) is 126 Å². The molecule has 1 aromatic carbocycles. The summed E-state index contributed by atoms with van der Waals surface area (Å²) >= 11 is 0. The van der Waals surface area contributed by atoms with Crippen LogP contribution in [0, 0.1) is 47.3 Å². The molecule has 4 bridgehead atoms. The molecule has 16 atom stereocenters. The van der Waals surface area contributed by atoms with Crippen LogP contribution in [0.15, 0.2) is 24.3 Å². The van der Waals surface area contributed by atoms with Crippen LogP contribution in [0.2, 0.25) is 0 Å². The molecule has 0 radical (unpaired) electrons. The molecule has 10 fully saturated rings. The van der Waals surface area contributed by atoms with Gasteiger partial charge in [-0.3, -0.25) is 0 Å². The van der Waals surface area contributed by atoms with Crippen LogP contribution < -0.4 is 0 Å². The van der Waals surface area contributed by atoms with Crippen molar-refractivity contribution in [3.63, 3.8) is 0 Å². The Morgan fingerprint density at radius 2 is 1.00 bits per heavy atom. The number of hydrogen-bond donors (Lipinski definition) is 0. The lowest BCUT2D eigenvalue weighted by molar-refractivity contribution is -0.571. The summed E-state index contributed by atoms with van der Waals surface area (Å²) in [7, 11) is 0. The minimum Gasteiger partial charge on any atom is -0.462 e. The number of carbonyl (C=O) groups excluding carboxylic acids is 2. The van der Waals surface area contributed by atoms with E-state index in [2.05, 4.69) is 27.7 Å². The quantitative estimate of drug-likeness (QED) is 0.196. The molecule has 2 spiro atoms. The summed E-state index contributed by atoms with van der Waals surface area (Å²) in [5, 5.41) is 0. The SMILES string of the molecule is C[C@H]1[C@@H](CCOC(=O)c2ccc(C(=O)OCC[C@H]3O[C@@H]4O[C@]5(C)CC[C@H]6[C@H](C)CC[C@@H]([C@H]3C)[C@@]46OO5)cc2)O[C@@H]2O[C@]3(C)CC[C@H]4[C@H](C)CC[C@@H]1[C@@]24OO3. The Morgan fingerprint density at radius 3 is 1.41 bits per heavy atom. The highest BCUT2D eigenvalue weighted by molar-refractivity contribution is 5.93. The van der Waals surface area contributed by atoms with Crippen molar-refractivity contribution in [2.45, 2.75) is 153 Å². The maximum Gasteiger partial charge on any atom is 0.338 e. The Kier molecular flexibility index (Phi) is 9.53.